The molecule has 0 aliphatic carbocycles. The standard InChI is InChI=1S/C25H32N4O5/c1-15-9-19(13-28(3)24(15)31)23-27-20-10-17(11-26-22(16(2)30)25(32)33)6-7-21(20)29(23)12-18-5-4-8-34-14-18/h6-7,9-10,13,16,18,22,26,30H,4-5,8,11-12,14H2,1-3H3,(H,32,33)/t16-,18+,22+/m1/s1. The maximum Gasteiger partial charge on any atom is 0.323 e. The Bertz CT molecular complexity index is 1210. The van der Waals surface area contributed by atoms with Crippen LogP contribution in [0.5, 0.6) is 0 Å². The third kappa shape index (κ3) is 5.06. The van der Waals surface area contributed by atoms with Crippen molar-refractivity contribution in [3.8, 4) is 11.4 Å². The number of aliphatic hydroxyl groups excluding tert-OH is 1. The van der Waals surface area contributed by atoms with Crippen molar-refractivity contribution in [2.45, 2.75) is 51.9 Å². The Morgan fingerprint density at radius 2 is 2.15 bits per heavy atom. The molecule has 1 saturated heterocycles. The van der Waals surface area contributed by atoms with E-state index >= 15 is 0 Å². The summed E-state index contributed by atoms with van der Waals surface area (Å²) in [4.78, 5) is 28.6. The number of aromatic nitrogens is 3. The van der Waals surface area contributed by atoms with Crippen LogP contribution in [0.1, 0.15) is 30.9 Å². The molecule has 0 spiro atoms. The summed E-state index contributed by atoms with van der Waals surface area (Å²) in [6, 6.07) is 6.71. The zero-order valence-electron chi connectivity index (χ0n) is 19.8. The van der Waals surface area contributed by atoms with Gasteiger partial charge in [0.25, 0.3) is 5.56 Å². The fourth-order valence-corrected chi connectivity index (χ4v) is 4.59. The van der Waals surface area contributed by atoms with Crippen LogP contribution < -0.4 is 10.9 Å². The van der Waals surface area contributed by atoms with Crippen molar-refractivity contribution in [1.82, 2.24) is 19.4 Å². The van der Waals surface area contributed by atoms with Gasteiger partial charge in [-0.3, -0.25) is 14.9 Å². The number of carboxylic acids is 1. The maximum absolute atomic E-state index is 12.2. The second kappa shape index (κ2) is 10.1. The highest BCUT2D eigenvalue weighted by molar-refractivity contribution is 5.81. The fraction of sp³-hybridized carbons (Fsp3) is 0.480. The van der Waals surface area contributed by atoms with Gasteiger partial charge in [0.2, 0.25) is 0 Å². The largest absolute Gasteiger partial charge is 0.480 e. The number of hydrogen-bond acceptors (Lipinski definition) is 6. The van der Waals surface area contributed by atoms with E-state index in [1.54, 1.807) is 18.5 Å². The van der Waals surface area contributed by atoms with E-state index in [0.717, 1.165) is 54.0 Å². The normalized spacial score (nSPS) is 18.2. The number of aliphatic carboxylic acids is 1. The summed E-state index contributed by atoms with van der Waals surface area (Å²) in [5, 5.41) is 21.9. The molecule has 3 atom stereocenters. The maximum atomic E-state index is 12.2. The number of carboxylic acid groups (broad SMARTS) is 1. The quantitative estimate of drug-likeness (QED) is 0.463. The van der Waals surface area contributed by atoms with Gasteiger partial charge in [0, 0.05) is 50.0 Å². The zero-order valence-corrected chi connectivity index (χ0v) is 19.8. The molecule has 0 amide bonds. The van der Waals surface area contributed by atoms with Crippen LogP contribution in [0.25, 0.3) is 22.4 Å². The summed E-state index contributed by atoms with van der Waals surface area (Å²) in [5.41, 5.74) is 4.12. The smallest absolute Gasteiger partial charge is 0.323 e. The second-order valence-electron chi connectivity index (χ2n) is 9.22. The van der Waals surface area contributed by atoms with E-state index in [1.165, 1.54) is 6.92 Å². The number of benzene rings is 1. The van der Waals surface area contributed by atoms with Gasteiger partial charge in [0.05, 0.1) is 23.7 Å². The number of nitrogens with one attached hydrogen (secondary N) is 1. The summed E-state index contributed by atoms with van der Waals surface area (Å²) in [6.45, 7) is 5.81. The van der Waals surface area contributed by atoms with Gasteiger partial charge in [-0.2, -0.15) is 0 Å². The van der Waals surface area contributed by atoms with Crippen molar-refractivity contribution in [3.05, 3.63) is 51.9 Å². The SMILES string of the molecule is Cc1cc(-c2nc3cc(CN[C@H](C(=O)O)[C@@H](C)O)ccc3n2C[C@@H]2CCCOC2)cn(C)c1=O. The van der Waals surface area contributed by atoms with Crippen molar-refractivity contribution in [3.63, 3.8) is 0 Å². The minimum atomic E-state index is -1.09. The minimum absolute atomic E-state index is 0.0356. The number of aryl methyl sites for hydroxylation is 2. The van der Waals surface area contributed by atoms with E-state index in [4.69, 9.17) is 9.72 Å². The van der Waals surface area contributed by atoms with Gasteiger partial charge >= 0.3 is 5.97 Å². The highest BCUT2D eigenvalue weighted by Crippen LogP contribution is 2.28. The van der Waals surface area contributed by atoms with Crippen LogP contribution in [0.2, 0.25) is 0 Å². The van der Waals surface area contributed by atoms with E-state index in [0.29, 0.717) is 18.1 Å². The van der Waals surface area contributed by atoms with E-state index in [2.05, 4.69) is 9.88 Å². The molecule has 9 heteroatoms. The molecule has 34 heavy (non-hydrogen) atoms. The molecule has 1 fully saturated rings. The molecule has 9 nitrogen and oxygen atoms in total. The predicted octanol–water partition coefficient (Wildman–Crippen LogP) is 2.06. The number of carbonyl (C=O) groups is 1. The molecule has 0 radical (unpaired) electrons. The molecule has 1 aromatic carbocycles. The van der Waals surface area contributed by atoms with Crippen LogP contribution in [0.4, 0.5) is 0 Å². The molecule has 1 aliphatic rings. The van der Waals surface area contributed by atoms with Crippen LogP contribution in [-0.2, 0) is 29.7 Å². The van der Waals surface area contributed by atoms with Crippen LogP contribution in [0.15, 0.2) is 35.3 Å². The van der Waals surface area contributed by atoms with Crippen LogP contribution >= 0.6 is 0 Å². The number of rotatable bonds is 8. The molecule has 4 rings (SSSR count). The topological polar surface area (TPSA) is 119 Å². The van der Waals surface area contributed by atoms with Gasteiger partial charge in [-0.1, -0.05) is 6.07 Å². The first-order chi connectivity index (χ1) is 16.2. The Labute approximate surface area is 198 Å². The fourth-order valence-electron chi connectivity index (χ4n) is 4.59. The van der Waals surface area contributed by atoms with Gasteiger partial charge < -0.3 is 24.1 Å². The number of imidazole rings is 1. The predicted molar refractivity (Wildman–Crippen MR) is 129 cm³/mol. The summed E-state index contributed by atoms with van der Waals surface area (Å²) < 4.78 is 9.47. The molecule has 0 bridgehead atoms. The van der Waals surface area contributed by atoms with Gasteiger partial charge in [-0.25, -0.2) is 4.98 Å². The van der Waals surface area contributed by atoms with Crippen LogP contribution in [0.3, 0.4) is 0 Å². The third-order valence-electron chi connectivity index (χ3n) is 6.40. The number of hydrogen-bond donors (Lipinski definition) is 3. The summed E-state index contributed by atoms with van der Waals surface area (Å²) >= 11 is 0. The lowest BCUT2D eigenvalue weighted by atomic mass is 10.0. The van der Waals surface area contributed by atoms with E-state index < -0.39 is 18.1 Å². The monoisotopic (exact) mass is 468 g/mol. The first-order valence-corrected chi connectivity index (χ1v) is 11.6. The second-order valence-corrected chi connectivity index (χ2v) is 9.22. The molecule has 3 aromatic rings. The first kappa shape index (κ1) is 24.1. The van der Waals surface area contributed by atoms with Crippen molar-refractivity contribution in [1.29, 1.82) is 0 Å². The van der Waals surface area contributed by atoms with E-state index in [9.17, 15) is 19.8 Å². The van der Waals surface area contributed by atoms with Crippen molar-refractivity contribution in [2.75, 3.05) is 13.2 Å². The molecular weight excluding hydrogens is 436 g/mol. The summed E-state index contributed by atoms with van der Waals surface area (Å²) in [5.74, 6) is 0.0708. The van der Waals surface area contributed by atoms with Crippen molar-refractivity contribution >= 4 is 17.0 Å². The molecular formula is C25H32N4O5. The Morgan fingerprint density at radius 1 is 1.35 bits per heavy atom. The molecule has 3 N–H and O–H groups in total. The summed E-state index contributed by atoms with van der Waals surface area (Å²) in [7, 11) is 1.74. The van der Waals surface area contributed by atoms with E-state index in [-0.39, 0.29) is 12.1 Å². The minimum Gasteiger partial charge on any atom is -0.480 e. The number of nitrogens with zero attached hydrogens (tertiary/aromatic N) is 3. The van der Waals surface area contributed by atoms with E-state index in [1.807, 2.05) is 30.5 Å². The lowest BCUT2D eigenvalue weighted by Crippen LogP contribution is -2.44. The Balaban J connectivity index is 1.72. The molecule has 182 valence electrons. The number of aliphatic hydroxyl groups is 1. The Morgan fingerprint density at radius 3 is 2.79 bits per heavy atom. The molecule has 0 saturated carbocycles. The number of ether oxygens (including phenoxy) is 1. The van der Waals surface area contributed by atoms with Gasteiger partial charge in [0.1, 0.15) is 11.9 Å². The molecule has 0 unspecified atom stereocenters. The van der Waals surface area contributed by atoms with Crippen molar-refractivity contribution < 1.29 is 19.7 Å². The van der Waals surface area contributed by atoms with Gasteiger partial charge in [-0.05, 0) is 50.5 Å². The van der Waals surface area contributed by atoms with Crippen LogP contribution in [-0.4, -0.2) is 55.7 Å². The Kier molecular flexibility index (Phi) is 7.16. The third-order valence-corrected chi connectivity index (χ3v) is 6.40. The molecule has 3 heterocycles. The molecule has 2 aromatic heterocycles. The van der Waals surface area contributed by atoms with Crippen molar-refractivity contribution in [2.24, 2.45) is 13.0 Å². The van der Waals surface area contributed by atoms with Gasteiger partial charge in [0.15, 0.2) is 0 Å². The first-order valence-electron chi connectivity index (χ1n) is 11.6. The van der Waals surface area contributed by atoms with Crippen LogP contribution in [0, 0.1) is 12.8 Å². The summed E-state index contributed by atoms with van der Waals surface area (Å²) in [6.07, 6.45) is 2.92. The number of fused-ring (bicyclic) bond motifs is 1. The lowest BCUT2D eigenvalue weighted by molar-refractivity contribution is -0.142. The average Bonchev–Trinajstić information content (AvgIpc) is 3.15. The highest BCUT2D eigenvalue weighted by atomic mass is 16.5. The average molecular weight is 469 g/mol. The number of pyridine rings is 1. The zero-order chi connectivity index (χ0) is 24.4. The lowest BCUT2D eigenvalue weighted by Gasteiger charge is -2.23. The van der Waals surface area contributed by atoms with Gasteiger partial charge in [-0.15, -0.1) is 0 Å². The highest BCUT2D eigenvalue weighted by Gasteiger charge is 2.23. The molecule has 1 aliphatic heterocycles. The Hall–Kier alpha value is -3.01.